The summed E-state index contributed by atoms with van der Waals surface area (Å²) in [5.41, 5.74) is -0.0761. The van der Waals surface area contributed by atoms with Crippen LogP contribution in [0.5, 0.6) is 0 Å². The average Bonchev–Trinajstić information content (AvgIpc) is 3.43. The molecule has 1 aliphatic heterocycles. The molecule has 1 amide bonds. The highest BCUT2D eigenvalue weighted by Gasteiger charge is 2.67. The van der Waals surface area contributed by atoms with Gasteiger partial charge in [-0.2, -0.15) is 0 Å². The molecule has 1 saturated heterocycles. The SMILES string of the molecule is CC1(C)[C@@H]2C[C@H]1[C@H]1OB([C@@H](CCCC(CC(=O)O)O[Si](C)(C)C(C)(C)C)NC(=O)Cc3cccs3)O[C@@]1(C)C2. The lowest BCUT2D eigenvalue weighted by Crippen LogP contribution is -2.63. The summed E-state index contributed by atoms with van der Waals surface area (Å²) >= 11 is 1.57. The van der Waals surface area contributed by atoms with E-state index in [4.69, 9.17) is 13.7 Å². The Kier molecular flexibility index (Phi) is 8.86. The molecule has 1 aromatic rings. The number of hydrogen-bond donors (Lipinski definition) is 2. The number of nitrogens with one attached hydrogen (secondary N) is 1. The third kappa shape index (κ3) is 6.66. The van der Waals surface area contributed by atoms with Crippen LogP contribution in [0.2, 0.25) is 18.1 Å². The molecule has 3 saturated carbocycles. The van der Waals surface area contributed by atoms with Gasteiger partial charge < -0.3 is 24.2 Å². The van der Waals surface area contributed by atoms with Crippen LogP contribution in [0.25, 0.3) is 0 Å². The zero-order valence-electron chi connectivity index (χ0n) is 25.0. The van der Waals surface area contributed by atoms with E-state index in [1.807, 2.05) is 17.5 Å². The van der Waals surface area contributed by atoms with E-state index in [9.17, 15) is 14.7 Å². The van der Waals surface area contributed by atoms with E-state index in [0.717, 1.165) is 11.3 Å². The molecule has 2 bridgehead atoms. The second-order valence-corrected chi connectivity index (χ2v) is 20.2. The summed E-state index contributed by atoms with van der Waals surface area (Å²) in [6, 6.07) is 3.93. The van der Waals surface area contributed by atoms with Gasteiger partial charge in [-0.3, -0.25) is 9.59 Å². The van der Waals surface area contributed by atoms with E-state index in [1.165, 1.54) is 6.42 Å². The standard InChI is InChI=1S/C29H48BNO6SSi/c1-27(2,3)39(7,8)36-20(16-25(33)34)11-9-13-23(31-24(32)17-21-12-10-14-38-21)30-35-26-22-15-19(28(22,4)5)18-29(26,6)37-30/h10,12,14,19-20,22-23,26H,9,11,13,15-18H2,1-8H3,(H,31,32)(H,33,34)/t19-,20?,22+,23-,26-,29+/m1/s1. The first-order valence-electron chi connectivity index (χ1n) is 14.6. The Morgan fingerprint density at radius 3 is 2.59 bits per heavy atom. The molecule has 1 unspecified atom stereocenters. The molecule has 3 aliphatic carbocycles. The van der Waals surface area contributed by atoms with Crippen LogP contribution in [0, 0.1) is 17.3 Å². The molecular weight excluding hydrogens is 529 g/mol. The third-order valence-corrected chi connectivity index (χ3v) is 15.5. The van der Waals surface area contributed by atoms with Gasteiger partial charge in [0.25, 0.3) is 0 Å². The van der Waals surface area contributed by atoms with Crippen LogP contribution in [0.3, 0.4) is 0 Å². The molecule has 5 rings (SSSR count). The fourth-order valence-corrected chi connectivity index (χ4v) is 8.67. The van der Waals surface area contributed by atoms with E-state index in [0.29, 0.717) is 37.5 Å². The molecule has 2 heterocycles. The van der Waals surface area contributed by atoms with Gasteiger partial charge in [0.05, 0.1) is 36.6 Å². The summed E-state index contributed by atoms with van der Waals surface area (Å²) in [6.45, 7) is 17.7. The van der Waals surface area contributed by atoms with Crippen molar-refractivity contribution in [1.29, 1.82) is 0 Å². The van der Waals surface area contributed by atoms with Gasteiger partial charge in [-0.15, -0.1) is 11.3 Å². The molecule has 0 spiro atoms. The number of amides is 1. The fourth-order valence-electron chi connectivity index (χ4n) is 6.58. The summed E-state index contributed by atoms with van der Waals surface area (Å²) in [4.78, 5) is 25.8. The number of carboxylic acid groups (broad SMARTS) is 1. The Balaban J connectivity index is 1.44. The van der Waals surface area contributed by atoms with Crippen molar-refractivity contribution in [2.45, 2.75) is 128 Å². The first kappa shape index (κ1) is 30.8. The highest BCUT2D eigenvalue weighted by Crippen LogP contribution is 2.64. The Labute approximate surface area is 240 Å². The Bertz CT molecular complexity index is 1030. The molecule has 218 valence electrons. The number of carbonyl (C=O) groups excluding carboxylic acids is 1. The minimum absolute atomic E-state index is 0.00618. The number of carboxylic acids is 1. The van der Waals surface area contributed by atoms with Gasteiger partial charge in [0.1, 0.15) is 0 Å². The summed E-state index contributed by atoms with van der Waals surface area (Å²) < 4.78 is 19.8. The highest BCUT2D eigenvalue weighted by atomic mass is 32.1. The second-order valence-electron chi connectivity index (χ2n) is 14.4. The molecule has 7 nitrogen and oxygen atoms in total. The smallest absolute Gasteiger partial charge is 0.481 e. The van der Waals surface area contributed by atoms with E-state index >= 15 is 0 Å². The number of rotatable bonds is 12. The molecule has 39 heavy (non-hydrogen) atoms. The van der Waals surface area contributed by atoms with Gasteiger partial charge in [0, 0.05) is 4.88 Å². The van der Waals surface area contributed by atoms with Crippen LogP contribution in [0.4, 0.5) is 0 Å². The maximum absolute atomic E-state index is 13.1. The molecule has 0 aromatic carbocycles. The van der Waals surface area contributed by atoms with Crippen molar-refractivity contribution >= 4 is 38.6 Å². The Morgan fingerprint density at radius 1 is 1.28 bits per heavy atom. The lowest BCUT2D eigenvalue weighted by atomic mass is 9.45. The lowest BCUT2D eigenvalue weighted by Gasteiger charge is -2.63. The van der Waals surface area contributed by atoms with Crippen molar-refractivity contribution < 1.29 is 28.4 Å². The second kappa shape index (κ2) is 11.2. The molecule has 0 radical (unpaired) electrons. The van der Waals surface area contributed by atoms with Gasteiger partial charge in [-0.05, 0) is 85.9 Å². The molecular formula is C29H48BNO6SSi. The summed E-state index contributed by atoms with van der Waals surface area (Å²) in [6.07, 6.45) is 4.10. The topological polar surface area (TPSA) is 94.1 Å². The zero-order chi connectivity index (χ0) is 28.8. The van der Waals surface area contributed by atoms with Crippen LogP contribution >= 0.6 is 11.3 Å². The van der Waals surface area contributed by atoms with E-state index < -0.39 is 21.4 Å². The average molecular weight is 578 g/mol. The van der Waals surface area contributed by atoms with Crippen molar-refractivity contribution in [3.05, 3.63) is 22.4 Å². The zero-order valence-corrected chi connectivity index (χ0v) is 26.9. The largest absolute Gasteiger partial charge is 0.481 e. The quantitative estimate of drug-likeness (QED) is 0.293. The van der Waals surface area contributed by atoms with Crippen LogP contribution in [-0.4, -0.2) is 56.2 Å². The lowest BCUT2D eigenvalue weighted by molar-refractivity contribution is -0.185. The van der Waals surface area contributed by atoms with Crippen molar-refractivity contribution in [2.75, 3.05) is 0 Å². The first-order valence-corrected chi connectivity index (χ1v) is 18.4. The Morgan fingerprint density at radius 2 is 2.00 bits per heavy atom. The minimum atomic E-state index is -2.13. The van der Waals surface area contributed by atoms with Gasteiger partial charge in [0.15, 0.2) is 8.32 Å². The predicted octanol–water partition coefficient (Wildman–Crippen LogP) is 6.08. The van der Waals surface area contributed by atoms with Crippen molar-refractivity contribution in [3.63, 3.8) is 0 Å². The first-order chi connectivity index (χ1) is 18.0. The summed E-state index contributed by atoms with van der Waals surface area (Å²) in [7, 11) is -2.64. The van der Waals surface area contributed by atoms with E-state index in [-0.39, 0.29) is 46.5 Å². The number of thiophene rings is 1. The van der Waals surface area contributed by atoms with Gasteiger partial charge in [-0.1, -0.05) is 40.7 Å². The Hall–Kier alpha value is -1.20. The number of aliphatic carboxylic acids is 1. The van der Waals surface area contributed by atoms with Crippen LogP contribution in [0.15, 0.2) is 17.5 Å². The molecule has 2 N–H and O–H groups in total. The van der Waals surface area contributed by atoms with Crippen LogP contribution < -0.4 is 5.32 Å². The normalized spacial score (nSPS) is 29.3. The van der Waals surface area contributed by atoms with Crippen LogP contribution in [-0.2, 0) is 29.7 Å². The van der Waals surface area contributed by atoms with Crippen molar-refractivity contribution in [3.8, 4) is 0 Å². The molecule has 4 aliphatic rings. The number of hydrogen-bond acceptors (Lipinski definition) is 6. The van der Waals surface area contributed by atoms with Crippen molar-refractivity contribution in [1.82, 2.24) is 5.32 Å². The monoisotopic (exact) mass is 577 g/mol. The third-order valence-electron chi connectivity index (χ3n) is 10.1. The maximum Gasteiger partial charge on any atom is 0.481 e. The minimum Gasteiger partial charge on any atom is -0.481 e. The van der Waals surface area contributed by atoms with Crippen molar-refractivity contribution in [2.24, 2.45) is 17.3 Å². The molecule has 6 atom stereocenters. The van der Waals surface area contributed by atoms with Gasteiger partial charge in [-0.25, -0.2) is 0 Å². The maximum atomic E-state index is 13.1. The summed E-state index contributed by atoms with van der Waals surface area (Å²) in [5.74, 6) is -0.0908. The number of carbonyl (C=O) groups is 2. The molecule has 4 fully saturated rings. The van der Waals surface area contributed by atoms with Gasteiger partial charge in [0.2, 0.25) is 5.91 Å². The van der Waals surface area contributed by atoms with E-state index in [2.05, 4.69) is 60.0 Å². The fraction of sp³-hybridized carbons (Fsp3) is 0.793. The van der Waals surface area contributed by atoms with Gasteiger partial charge >= 0.3 is 13.1 Å². The highest BCUT2D eigenvalue weighted by molar-refractivity contribution is 7.10. The summed E-state index contributed by atoms with van der Waals surface area (Å²) in [5, 5.41) is 14.8. The van der Waals surface area contributed by atoms with E-state index in [1.54, 1.807) is 11.3 Å². The molecule has 10 heteroatoms. The predicted molar refractivity (Wildman–Crippen MR) is 158 cm³/mol. The molecule has 1 aromatic heterocycles. The van der Waals surface area contributed by atoms with Crippen LogP contribution in [0.1, 0.15) is 84.9 Å².